The van der Waals surface area contributed by atoms with Crippen molar-refractivity contribution in [1.29, 1.82) is 0 Å². The van der Waals surface area contributed by atoms with Crippen molar-refractivity contribution in [2.45, 2.75) is 21.7 Å². The molecule has 0 saturated carbocycles. The molecule has 0 spiro atoms. The molecule has 28 heavy (non-hydrogen) atoms. The van der Waals surface area contributed by atoms with Gasteiger partial charge in [-0.1, -0.05) is 18.2 Å². The molecule has 0 amide bonds. The van der Waals surface area contributed by atoms with E-state index in [1.54, 1.807) is 41.8 Å². The Labute approximate surface area is 168 Å². The molecule has 148 valence electrons. The Morgan fingerprint density at radius 1 is 1.04 bits per heavy atom. The third-order valence-corrected chi connectivity index (χ3v) is 7.42. The normalized spacial score (nSPS) is 16.0. The predicted molar refractivity (Wildman–Crippen MR) is 109 cm³/mol. The quantitative estimate of drug-likeness (QED) is 0.593. The number of nitrogens with zero attached hydrogens (tertiary/aromatic N) is 6. The second-order valence-electron chi connectivity index (χ2n) is 6.75. The fourth-order valence-electron chi connectivity index (χ4n) is 3.28. The van der Waals surface area contributed by atoms with E-state index in [2.05, 4.69) is 31.9 Å². The zero-order chi connectivity index (χ0) is 19.9. The van der Waals surface area contributed by atoms with Gasteiger partial charge in [-0.15, -0.1) is 11.8 Å². The Hall–Kier alpha value is -2.17. The third kappa shape index (κ3) is 3.25. The van der Waals surface area contributed by atoms with Gasteiger partial charge in [0.1, 0.15) is 10.9 Å². The van der Waals surface area contributed by atoms with Gasteiger partial charge in [0.05, 0.1) is 4.90 Å². The lowest BCUT2D eigenvalue weighted by Gasteiger charge is -2.33. The van der Waals surface area contributed by atoms with Crippen LogP contribution in [0.5, 0.6) is 0 Å². The summed E-state index contributed by atoms with van der Waals surface area (Å²) in [5.74, 6) is 1.17. The number of hydrogen-bond acceptors (Lipinski definition) is 8. The summed E-state index contributed by atoms with van der Waals surface area (Å²) in [6.45, 7) is 5.21. The van der Waals surface area contributed by atoms with Crippen LogP contribution < -0.4 is 4.90 Å². The van der Waals surface area contributed by atoms with Crippen LogP contribution in [0.3, 0.4) is 0 Å². The van der Waals surface area contributed by atoms with Gasteiger partial charge in [-0.05, 0) is 32.4 Å². The number of benzene rings is 1. The predicted octanol–water partition coefficient (Wildman–Crippen LogP) is 1.74. The lowest BCUT2D eigenvalue weighted by Crippen LogP contribution is -2.45. The number of rotatable bonds is 4. The number of piperazine rings is 1. The molecule has 0 N–H and O–H groups in total. The van der Waals surface area contributed by atoms with Crippen molar-refractivity contribution in [3.05, 3.63) is 36.2 Å². The van der Waals surface area contributed by atoms with E-state index in [4.69, 9.17) is 0 Å². The summed E-state index contributed by atoms with van der Waals surface area (Å²) in [6, 6.07) is 8.42. The van der Waals surface area contributed by atoms with Crippen LogP contribution in [-0.4, -0.2) is 72.4 Å². The molecule has 1 aromatic carbocycles. The average molecular weight is 419 g/mol. The Morgan fingerprint density at radius 3 is 2.36 bits per heavy atom. The van der Waals surface area contributed by atoms with E-state index in [9.17, 15) is 8.42 Å². The van der Waals surface area contributed by atoms with E-state index in [1.807, 2.05) is 6.26 Å². The lowest BCUT2D eigenvalue weighted by molar-refractivity contribution is 0.310. The SMILES string of the molecule is CSc1nn2c(N3CCN(C)CC3)nc(C)nc2c1S(=O)(=O)c1ccccc1. The zero-order valence-electron chi connectivity index (χ0n) is 16.0. The number of thioether (sulfide) groups is 1. The van der Waals surface area contributed by atoms with Crippen molar-refractivity contribution in [2.75, 3.05) is 44.4 Å². The van der Waals surface area contributed by atoms with Crippen molar-refractivity contribution < 1.29 is 8.42 Å². The largest absolute Gasteiger partial charge is 0.338 e. The summed E-state index contributed by atoms with van der Waals surface area (Å²) >= 11 is 1.30. The van der Waals surface area contributed by atoms with Crippen molar-refractivity contribution >= 4 is 33.2 Å². The molecule has 1 saturated heterocycles. The standard InChI is InChI=1S/C18H22N6O2S2/c1-13-19-16-15(28(25,26)14-7-5-4-6-8-14)17(27-3)21-24(16)18(20-13)23-11-9-22(2)10-12-23/h4-8H,9-12H2,1-3H3. The smallest absolute Gasteiger partial charge is 0.230 e. The zero-order valence-corrected chi connectivity index (χ0v) is 17.7. The topological polar surface area (TPSA) is 83.7 Å². The number of aromatic nitrogens is 4. The van der Waals surface area contributed by atoms with Gasteiger partial charge < -0.3 is 9.80 Å². The molecule has 1 aliphatic rings. The minimum absolute atomic E-state index is 0.145. The highest BCUT2D eigenvalue weighted by atomic mass is 32.2. The molecule has 4 rings (SSSR count). The molecule has 0 unspecified atom stereocenters. The van der Waals surface area contributed by atoms with Crippen LogP contribution in [0.2, 0.25) is 0 Å². The van der Waals surface area contributed by atoms with E-state index in [-0.39, 0.29) is 9.79 Å². The van der Waals surface area contributed by atoms with Gasteiger partial charge in [-0.25, -0.2) is 13.4 Å². The van der Waals surface area contributed by atoms with Crippen LogP contribution >= 0.6 is 11.8 Å². The maximum Gasteiger partial charge on any atom is 0.230 e. The molecule has 8 nitrogen and oxygen atoms in total. The monoisotopic (exact) mass is 418 g/mol. The van der Waals surface area contributed by atoms with Gasteiger partial charge in [-0.3, -0.25) is 0 Å². The van der Waals surface area contributed by atoms with E-state index in [0.29, 0.717) is 22.4 Å². The Kier molecular flexibility index (Phi) is 5.02. The molecule has 10 heteroatoms. The lowest BCUT2D eigenvalue weighted by atomic mass is 10.3. The summed E-state index contributed by atoms with van der Waals surface area (Å²) in [5, 5.41) is 5.01. The molecule has 1 aliphatic heterocycles. The molecule has 0 aliphatic carbocycles. The second-order valence-corrected chi connectivity index (χ2v) is 9.43. The van der Waals surface area contributed by atoms with Gasteiger partial charge >= 0.3 is 0 Å². The number of fused-ring (bicyclic) bond motifs is 1. The van der Waals surface area contributed by atoms with Gasteiger partial charge in [0, 0.05) is 26.2 Å². The fraction of sp³-hybridized carbons (Fsp3) is 0.389. The summed E-state index contributed by atoms with van der Waals surface area (Å²) in [6.07, 6.45) is 1.82. The molecular weight excluding hydrogens is 396 g/mol. The number of hydrogen-bond donors (Lipinski definition) is 0. The van der Waals surface area contributed by atoms with Crippen LogP contribution in [0.4, 0.5) is 5.95 Å². The van der Waals surface area contributed by atoms with E-state index < -0.39 is 9.84 Å². The highest BCUT2D eigenvalue weighted by Gasteiger charge is 2.31. The molecule has 0 bridgehead atoms. The minimum Gasteiger partial charge on any atom is -0.338 e. The summed E-state index contributed by atoms with van der Waals surface area (Å²) in [7, 11) is -1.67. The highest BCUT2D eigenvalue weighted by Crippen LogP contribution is 2.33. The first-order chi connectivity index (χ1) is 13.4. The van der Waals surface area contributed by atoms with Crippen LogP contribution in [-0.2, 0) is 9.84 Å². The van der Waals surface area contributed by atoms with E-state index in [1.165, 1.54) is 11.8 Å². The van der Waals surface area contributed by atoms with Crippen molar-refractivity contribution in [1.82, 2.24) is 24.5 Å². The number of likely N-dealkylation sites (N-methyl/N-ethyl adjacent to an activating group) is 1. The molecular formula is C18H22N6O2S2. The fourth-order valence-corrected chi connectivity index (χ4v) is 5.69. The average Bonchev–Trinajstić information content (AvgIpc) is 3.08. The first-order valence-electron chi connectivity index (χ1n) is 8.97. The summed E-state index contributed by atoms with van der Waals surface area (Å²) in [5.41, 5.74) is 0.328. The van der Waals surface area contributed by atoms with Crippen molar-refractivity contribution in [3.8, 4) is 0 Å². The first-order valence-corrected chi connectivity index (χ1v) is 11.7. The third-order valence-electron chi connectivity index (χ3n) is 4.81. The molecule has 3 aromatic rings. The minimum atomic E-state index is -3.76. The van der Waals surface area contributed by atoms with Crippen LogP contribution in [0, 0.1) is 6.92 Å². The Balaban J connectivity index is 1.93. The molecule has 0 radical (unpaired) electrons. The van der Waals surface area contributed by atoms with Gasteiger partial charge in [0.2, 0.25) is 15.8 Å². The van der Waals surface area contributed by atoms with Crippen LogP contribution in [0.1, 0.15) is 5.82 Å². The summed E-state index contributed by atoms with van der Waals surface area (Å²) in [4.78, 5) is 13.8. The Bertz CT molecular complexity index is 1110. The number of sulfone groups is 1. The van der Waals surface area contributed by atoms with Crippen LogP contribution in [0.15, 0.2) is 45.1 Å². The Morgan fingerprint density at radius 2 is 1.71 bits per heavy atom. The highest BCUT2D eigenvalue weighted by molar-refractivity contribution is 7.99. The van der Waals surface area contributed by atoms with Crippen molar-refractivity contribution in [2.24, 2.45) is 0 Å². The maximum absolute atomic E-state index is 13.4. The van der Waals surface area contributed by atoms with Crippen LogP contribution in [0.25, 0.3) is 5.65 Å². The molecule has 3 heterocycles. The molecule has 0 atom stereocenters. The number of anilines is 1. The molecule has 1 fully saturated rings. The van der Waals surface area contributed by atoms with E-state index in [0.717, 1.165) is 26.2 Å². The van der Waals surface area contributed by atoms with Gasteiger partial charge in [-0.2, -0.15) is 14.6 Å². The van der Waals surface area contributed by atoms with Crippen molar-refractivity contribution in [3.63, 3.8) is 0 Å². The van der Waals surface area contributed by atoms with Gasteiger partial charge in [0.15, 0.2) is 10.5 Å². The number of aryl methyl sites for hydroxylation is 1. The maximum atomic E-state index is 13.4. The molecule has 2 aromatic heterocycles. The van der Waals surface area contributed by atoms with Gasteiger partial charge in [0.25, 0.3) is 0 Å². The summed E-state index contributed by atoms with van der Waals surface area (Å²) < 4.78 is 28.3. The van der Waals surface area contributed by atoms with E-state index >= 15 is 0 Å². The first kappa shape index (κ1) is 19.2. The second kappa shape index (κ2) is 7.34.